The van der Waals surface area contributed by atoms with E-state index in [-0.39, 0.29) is 0 Å². The lowest BCUT2D eigenvalue weighted by Crippen LogP contribution is -1.93. The fraction of sp³-hybridized carbons (Fsp3) is 0.200. The Balaban J connectivity index is 1.83. The molecule has 1 aliphatic heterocycles. The van der Waals surface area contributed by atoms with Crippen LogP contribution in [0.1, 0.15) is 5.56 Å². The predicted molar refractivity (Wildman–Crippen MR) is 103 cm³/mol. The minimum Gasteiger partial charge on any atom is -0.497 e. The minimum atomic E-state index is 0.712. The molecule has 0 aromatic heterocycles. The van der Waals surface area contributed by atoms with Crippen molar-refractivity contribution >= 4 is 22.3 Å². The first kappa shape index (κ1) is 16.2. The maximum Gasteiger partial charge on any atom is 0.161 e. The highest BCUT2D eigenvalue weighted by molar-refractivity contribution is 6.08. The van der Waals surface area contributed by atoms with Crippen LogP contribution in [0.4, 0.5) is 11.5 Å². The molecule has 1 aliphatic carbocycles. The van der Waals surface area contributed by atoms with Crippen molar-refractivity contribution in [1.82, 2.24) is 10.2 Å². The molecule has 2 aromatic rings. The summed E-state index contributed by atoms with van der Waals surface area (Å²) in [7, 11) is 4.96. The quantitative estimate of drug-likeness (QED) is 0.488. The second kappa shape index (κ2) is 6.22. The summed E-state index contributed by atoms with van der Waals surface area (Å²) in [5.74, 6) is 3.14. The number of benzene rings is 2. The number of methoxy groups -OCH3 is 3. The van der Waals surface area contributed by atoms with Crippen LogP contribution in [0.25, 0.3) is 22.0 Å². The van der Waals surface area contributed by atoms with Gasteiger partial charge in [0.1, 0.15) is 11.6 Å². The number of aromatic amines is 2. The minimum absolute atomic E-state index is 0.712. The summed E-state index contributed by atoms with van der Waals surface area (Å²) in [4.78, 5) is 0. The third-order valence-electron chi connectivity index (χ3n) is 4.72. The van der Waals surface area contributed by atoms with Crippen molar-refractivity contribution in [3.63, 3.8) is 0 Å². The van der Waals surface area contributed by atoms with Gasteiger partial charge in [0.05, 0.1) is 27.0 Å². The lowest BCUT2D eigenvalue weighted by Gasteiger charge is -2.08. The third-order valence-corrected chi connectivity index (χ3v) is 4.72. The molecule has 0 spiro atoms. The Labute approximate surface area is 151 Å². The Bertz CT molecular complexity index is 1050. The van der Waals surface area contributed by atoms with Crippen LogP contribution >= 0.6 is 0 Å². The molecule has 0 fully saturated rings. The molecular weight excluding hydrogens is 330 g/mol. The highest BCUT2D eigenvalue weighted by Gasteiger charge is 2.23. The number of anilines is 2. The second-order valence-corrected chi connectivity index (χ2v) is 6.11. The molecule has 0 radical (unpaired) electrons. The molecule has 6 heteroatoms. The van der Waals surface area contributed by atoms with Crippen LogP contribution in [0.3, 0.4) is 0 Å². The molecular formula is C20H21N3O3. The van der Waals surface area contributed by atoms with Gasteiger partial charge in [0, 0.05) is 22.7 Å². The molecule has 26 heavy (non-hydrogen) atoms. The van der Waals surface area contributed by atoms with Gasteiger partial charge < -0.3 is 19.5 Å². The normalized spacial score (nSPS) is 11.1. The van der Waals surface area contributed by atoms with Gasteiger partial charge >= 0.3 is 0 Å². The van der Waals surface area contributed by atoms with Gasteiger partial charge in [-0.2, -0.15) is 0 Å². The number of aromatic nitrogens is 2. The third kappa shape index (κ3) is 2.42. The van der Waals surface area contributed by atoms with Gasteiger partial charge in [-0.15, -0.1) is 0 Å². The van der Waals surface area contributed by atoms with Crippen LogP contribution < -0.4 is 19.5 Å². The number of H-pyrrole nitrogens is 2. The summed E-state index contributed by atoms with van der Waals surface area (Å²) in [6.45, 7) is 2.11. The van der Waals surface area contributed by atoms with Crippen molar-refractivity contribution in [2.45, 2.75) is 6.92 Å². The summed E-state index contributed by atoms with van der Waals surface area (Å²) >= 11 is 0. The molecule has 0 saturated heterocycles. The van der Waals surface area contributed by atoms with Crippen molar-refractivity contribution in [3.8, 4) is 28.5 Å². The number of rotatable bonds is 5. The van der Waals surface area contributed by atoms with Gasteiger partial charge in [0.25, 0.3) is 0 Å². The lowest BCUT2D eigenvalue weighted by molar-refractivity contribution is 0.356. The van der Waals surface area contributed by atoms with Crippen molar-refractivity contribution in [2.24, 2.45) is 0 Å². The first-order valence-corrected chi connectivity index (χ1v) is 8.31. The Morgan fingerprint density at radius 2 is 1.58 bits per heavy atom. The molecule has 0 unspecified atom stereocenters. The largest absolute Gasteiger partial charge is 0.497 e. The summed E-state index contributed by atoms with van der Waals surface area (Å²) in [6.07, 6.45) is 0. The van der Waals surface area contributed by atoms with E-state index in [0.717, 1.165) is 45.0 Å². The van der Waals surface area contributed by atoms with Crippen molar-refractivity contribution in [1.29, 1.82) is 0 Å². The Kier molecular flexibility index (Phi) is 3.88. The molecule has 134 valence electrons. The number of hydrogen-bond acceptors (Lipinski definition) is 4. The number of fused-ring (bicyclic) bond motifs is 3. The van der Waals surface area contributed by atoms with E-state index in [2.05, 4.69) is 22.4 Å². The Morgan fingerprint density at radius 3 is 2.27 bits per heavy atom. The first-order valence-electron chi connectivity index (χ1n) is 8.31. The fourth-order valence-electron chi connectivity index (χ4n) is 3.42. The number of ether oxygens (including phenoxy) is 3. The molecule has 2 aromatic carbocycles. The van der Waals surface area contributed by atoms with E-state index in [1.54, 1.807) is 21.3 Å². The summed E-state index contributed by atoms with van der Waals surface area (Å²) in [6, 6.07) is 11.9. The van der Waals surface area contributed by atoms with E-state index in [1.165, 1.54) is 5.56 Å². The molecule has 0 saturated carbocycles. The molecule has 0 bridgehead atoms. The highest BCUT2D eigenvalue weighted by atomic mass is 16.5. The zero-order valence-corrected chi connectivity index (χ0v) is 15.2. The van der Waals surface area contributed by atoms with Gasteiger partial charge in [-0.3, -0.25) is 10.2 Å². The number of nitrogens with one attached hydrogen (secondary N) is 3. The monoisotopic (exact) mass is 351 g/mol. The summed E-state index contributed by atoms with van der Waals surface area (Å²) in [5.41, 5.74) is 4.25. The van der Waals surface area contributed by atoms with Gasteiger partial charge in [-0.25, -0.2) is 0 Å². The lowest BCUT2D eigenvalue weighted by atomic mass is 10.1. The van der Waals surface area contributed by atoms with Crippen LogP contribution in [-0.2, 0) is 0 Å². The van der Waals surface area contributed by atoms with E-state index in [9.17, 15) is 0 Å². The zero-order chi connectivity index (χ0) is 18.3. The highest BCUT2D eigenvalue weighted by Crippen LogP contribution is 2.45. The number of aryl methyl sites for hydroxylation is 1. The van der Waals surface area contributed by atoms with Gasteiger partial charge in [0.15, 0.2) is 11.5 Å². The van der Waals surface area contributed by atoms with Crippen LogP contribution in [0, 0.1) is 6.92 Å². The van der Waals surface area contributed by atoms with Crippen molar-refractivity contribution in [2.75, 3.05) is 26.6 Å². The van der Waals surface area contributed by atoms with Gasteiger partial charge in [-0.05, 0) is 42.1 Å². The topological polar surface area (TPSA) is 71.3 Å². The molecule has 0 atom stereocenters. The Morgan fingerprint density at radius 1 is 0.846 bits per heavy atom. The first-order chi connectivity index (χ1) is 12.7. The summed E-state index contributed by atoms with van der Waals surface area (Å²) < 4.78 is 16.2. The molecule has 4 rings (SSSR count). The molecule has 3 N–H and O–H groups in total. The fourth-order valence-corrected chi connectivity index (χ4v) is 3.42. The second-order valence-electron chi connectivity index (χ2n) is 6.11. The van der Waals surface area contributed by atoms with E-state index in [1.807, 2.05) is 36.4 Å². The molecule has 0 amide bonds. The zero-order valence-electron chi connectivity index (χ0n) is 15.2. The molecule has 6 nitrogen and oxygen atoms in total. The van der Waals surface area contributed by atoms with Crippen molar-refractivity contribution in [3.05, 3.63) is 42.0 Å². The smallest absolute Gasteiger partial charge is 0.161 e. The van der Waals surface area contributed by atoms with Crippen LogP contribution in [0.15, 0.2) is 36.4 Å². The maximum atomic E-state index is 5.45. The predicted octanol–water partition coefficient (Wildman–Crippen LogP) is 4.68. The average Bonchev–Trinajstić information content (AvgIpc) is 3.20. The molecule has 2 aliphatic rings. The molecule has 1 heterocycles. The SMILES string of the molecule is COc1cccc(Nc2[nH][nH]c3c4cc(OC)c(OC)cc4c(C)c2-3)c1. The standard InChI is InChI=1S/C20H21N3O3/c1-11-14-9-16(25-3)17(26-4)10-15(14)19-18(11)20(23-22-19)21-12-6-5-7-13(8-12)24-2/h5-10,21-23H,1-4H3. The van der Waals surface area contributed by atoms with Crippen molar-refractivity contribution < 1.29 is 14.2 Å². The van der Waals surface area contributed by atoms with Gasteiger partial charge in [-0.1, -0.05) is 6.07 Å². The van der Waals surface area contributed by atoms with E-state index in [4.69, 9.17) is 14.2 Å². The maximum absolute atomic E-state index is 5.45. The van der Waals surface area contributed by atoms with Crippen LogP contribution in [0.5, 0.6) is 17.2 Å². The van der Waals surface area contributed by atoms with E-state index in [0.29, 0.717) is 5.75 Å². The van der Waals surface area contributed by atoms with Gasteiger partial charge in [0.2, 0.25) is 0 Å². The van der Waals surface area contributed by atoms with Crippen LogP contribution in [0.2, 0.25) is 0 Å². The average molecular weight is 351 g/mol. The van der Waals surface area contributed by atoms with E-state index < -0.39 is 0 Å². The number of hydrogen-bond donors (Lipinski definition) is 3. The van der Waals surface area contributed by atoms with E-state index >= 15 is 0 Å². The Hall–Kier alpha value is -3.28. The summed E-state index contributed by atoms with van der Waals surface area (Å²) in [5, 5.41) is 12.2. The van der Waals surface area contributed by atoms with Crippen LogP contribution in [-0.4, -0.2) is 31.5 Å².